The molecule has 160 valence electrons. The summed E-state index contributed by atoms with van der Waals surface area (Å²) in [5, 5.41) is 7.83. The number of imidazole rings is 1. The normalized spacial score (nSPS) is 11.8. The number of H-pyrrole nitrogens is 1. The number of rotatable bonds is 6. The quantitative estimate of drug-likeness (QED) is 0.327. The minimum absolute atomic E-state index is 0.280. The molecule has 6 nitrogen and oxygen atoms in total. The van der Waals surface area contributed by atoms with Crippen LogP contribution in [-0.4, -0.2) is 34.1 Å². The van der Waals surface area contributed by atoms with Gasteiger partial charge in [0.05, 0.1) is 5.69 Å². The van der Waals surface area contributed by atoms with Crippen LogP contribution in [0.1, 0.15) is 22.5 Å². The number of hydrogen-bond acceptors (Lipinski definition) is 2. The Labute approximate surface area is 181 Å². The highest BCUT2D eigenvalue weighted by atomic mass is 19.1. The number of hydrogen-bond donors (Lipinski definition) is 3. The molecule has 0 atom stereocenters. The number of aromatic nitrogens is 3. The molecule has 31 heavy (non-hydrogen) atoms. The highest BCUT2D eigenvalue weighted by Gasteiger charge is 2.09. The maximum atomic E-state index is 14.6. The van der Waals surface area contributed by atoms with E-state index in [1.807, 2.05) is 13.0 Å². The zero-order chi connectivity index (χ0) is 21.8. The summed E-state index contributed by atoms with van der Waals surface area (Å²) in [6, 6.07) is 11.7. The first-order valence-electron chi connectivity index (χ1n) is 10.3. The predicted molar refractivity (Wildman–Crippen MR) is 123 cm³/mol. The van der Waals surface area contributed by atoms with E-state index in [9.17, 15) is 4.39 Å². The molecule has 0 saturated heterocycles. The lowest BCUT2D eigenvalue weighted by Crippen LogP contribution is -2.37. The van der Waals surface area contributed by atoms with Gasteiger partial charge < -0.3 is 20.2 Å². The molecule has 7 heteroatoms. The lowest BCUT2D eigenvalue weighted by molar-refractivity contribution is 0.613. The van der Waals surface area contributed by atoms with Crippen molar-refractivity contribution in [1.29, 1.82) is 0 Å². The van der Waals surface area contributed by atoms with Crippen molar-refractivity contribution in [3.8, 4) is 5.69 Å². The van der Waals surface area contributed by atoms with Gasteiger partial charge in [0.25, 0.3) is 0 Å². The van der Waals surface area contributed by atoms with Crippen LogP contribution in [0.4, 0.5) is 4.39 Å². The van der Waals surface area contributed by atoms with Crippen LogP contribution in [0.5, 0.6) is 0 Å². The fourth-order valence-corrected chi connectivity index (χ4v) is 3.72. The largest absolute Gasteiger partial charge is 0.361 e. The predicted octanol–water partition coefficient (Wildman–Crippen LogP) is 4.02. The van der Waals surface area contributed by atoms with Crippen molar-refractivity contribution in [3.05, 3.63) is 83.3 Å². The van der Waals surface area contributed by atoms with Gasteiger partial charge in [-0.05, 0) is 55.2 Å². The smallest absolute Gasteiger partial charge is 0.191 e. The number of nitrogens with one attached hydrogen (secondary N) is 3. The molecule has 3 N–H and O–H groups in total. The number of halogens is 1. The molecule has 0 aliphatic heterocycles. The Balaban J connectivity index is 1.32. The van der Waals surface area contributed by atoms with Crippen LogP contribution in [0.25, 0.3) is 16.6 Å². The van der Waals surface area contributed by atoms with Gasteiger partial charge in [-0.1, -0.05) is 18.2 Å². The molecule has 0 saturated carbocycles. The molecule has 2 aromatic heterocycles. The summed E-state index contributed by atoms with van der Waals surface area (Å²) < 4.78 is 16.3. The number of benzene rings is 2. The summed E-state index contributed by atoms with van der Waals surface area (Å²) in [6.07, 6.45) is 6.36. The molecular formula is C24H27FN6. The van der Waals surface area contributed by atoms with Crippen molar-refractivity contribution < 1.29 is 4.39 Å². The molecule has 0 aliphatic rings. The molecular weight excluding hydrogens is 391 g/mol. The Bertz CT molecular complexity index is 1220. The summed E-state index contributed by atoms with van der Waals surface area (Å²) in [7, 11) is 1.73. The van der Waals surface area contributed by atoms with E-state index < -0.39 is 0 Å². The van der Waals surface area contributed by atoms with Crippen LogP contribution < -0.4 is 10.6 Å². The van der Waals surface area contributed by atoms with Gasteiger partial charge in [-0.25, -0.2) is 9.37 Å². The van der Waals surface area contributed by atoms with Crippen molar-refractivity contribution in [2.24, 2.45) is 4.99 Å². The Morgan fingerprint density at radius 3 is 2.77 bits per heavy atom. The van der Waals surface area contributed by atoms with Gasteiger partial charge in [0.1, 0.15) is 11.6 Å². The lowest BCUT2D eigenvalue weighted by Gasteiger charge is -2.13. The van der Waals surface area contributed by atoms with Gasteiger partial charge in [0.15, 0.2) is 5.96 Å². The second kappa shape index (κ2) is 9.04. The Kier molecular flexibility index (Phi) is 6.02. The Hall–Kier alpha value is -3.61. The maximum Gasteiger partial charge on any atom is 0.191 e. The summed E-state index contributed by atoms with van der Waals surface area (Å²) in [5.74, 6) is 1.16. The van der Waals surface area contributed by atoms with E-state index in [2.05, 4.69) is 56.9 Å². The van der Waals surface area contributed by atoms with Crippen molar-refractivity contribution in [2.75, 3.05) is 13.6 Å². The maximum absolute atomic E-state index is 14.6. The van der Waals surface area contributed by atoms with Crippen LogP contribution in [0.15, 0.2) is 60.0 Å². The molecule has 2 heterocycles. The van der Waals surface area contributed by atoms with Crippen molar-refractivity contribution in [3.63, 3.8) is 0 Å². The van der Waals surface area contributed by atoms with Crippen molar-refractivity contribution >= 4 is 16.9 Å². The van der Waals surface area contributed by atoms with Crippen molar-refractivity contribution in [1.82, 2.24) is 25.2 Å². The fraction of sp³-hybridized carbons (Fsp3) is 0.250. The molecule has 0 unspecified atom stereocenters. The van der Waals surface area contributed by atoms with E-state index in [1.54, 1.807) is 36.1 Å². The van der Waals surface area contributed by atoms with E-state index in [-0.39, 0.29) is 5.82 Å². The van der Waals surface area contributed by atoms with Gasteiger partial charge in [0, 0.05) is 49.6 Å². The van der Waals surface area contributed by atoms with E-state index >= 15 is 0 Å². The number of guanidine groups is 1. The van der Waals surface area contributed by atoms with E-state index in [4.69, 9.17) is 0 Å². The number of nitrogens with zero attached hydrogens (tertiary/aromatic N) is 3. The third kappa shape index (κ3) is 4.60. The van der Waals surface area contributed by atoms with E-state index in [0.29, 0.717) is 18.2 Å². The number of aliphatic imine (C=N–C) groups is 1. The monoisotopic (exact) mass is 418 g/mol. The van der Waals surface area contributed by atoms with Crippen molar-refractivity contribution in [2.45, 2.75) is 26.8 Å². The first-order valence-corrected chi connectivity index (χ1v) is 10.3. The third-order valence-electron chi connectivity index (χ3n) is 5.39. The van der Waals surface area contributed by atoms with Crippen LogP contribution in [0.3, 0.4) is 0 Å². The second-order valence-corrected chi connectivity index (χ2v) is 7.60. The summed E-state index contributed by atoms with van der Waals surface area (Å²) in [5.41, 5.74) is 5.01. The topological polar surface area (TPSA) is 70.0 Å². The SMILES string of the molecule is CN=C(NCCc1c[nH]c2cc(C)ccc12)NCc1ccc(-n2ccnc2C)c(F)c1. The molecule has 4 rings (SSSR count). The lowest BCUT2D eigenvalue weighted by atomic mass is 10.1. The zero-order valence-electron chi connectivity index (χ0n) is 18.0. The van der Waals surface area contributed by atoms with Crippen LogP contribution in [0.2, 0.25) is 0 Å². The summed E-state index contributed by atoms with van der Waals surface area (Å²) in [4.78, 5) is 11.8. The van der Waals surface area contributed by atoms with Gasteiger partial charge in [-0.15, -0.1) is 0 Å². The number of fused-ring (bicyclic) bond motifs is 1. The average molecular weight is 419 g/mol. The summed E-state index contributed by atoms with van der Waals surface area (Å²) >= 11 is 0. The first-order chi connectivity index (χ1) is 15.0. The van der Waals surface area contributed by atoms with Crippen LogP contribution in [0, 0.1) is 19.7 Å². The zero-order valence-corrected chi connectivity index (χ0v) is 18.0. The Morgan fingerprint density at radius 1 is 1.16 bits per heavy atom. The highest BCUT2D eigenvalue weighted by Crippen LogP contribution is 2.20. The van der Waals surface area contributed by atoms with Crippen LogP contribution >= 0.6 is 0 Å². The Morgan fingerprint density at radius 2 is 2.03 bits per heavy atom. The van der Waals surface area contributed by atoms with Gasteiger partial charge >= 0.3 is 0 Å². The molecule has 0 fully saturated rings. The second-order valence-electron chi connectivity index (χ2n) is 7.60. The molecule has 4 aromatic rings. The summed E-state index contributed by atoms with van der Waals surface area (Å²) in [6.45, 7) is 5.16. The molecule has 0 amide bonds. The molecule has 0 bridgehead atoms. The number of aryl methyl sites for hydroxylation is 2. The molecule has 0 spiro atoms. The third-order valence-corrected chi connectivity index (χ3v) is 5.39. The van der Waals surface area contributed by atoms with E-state index in [0.717, 1.165) is 29.9 Å². The van der Waals surface area contributed by atoms with Crippen LogP contribution in [-0.2, 0) is 13.0 Å². The molecule has 0 aliphatic carbocycles. The molecule has 0 radical (unpaired) electrons. The van der Waals surface area contributed by atoms with Gasteiger partial charge in [0.2, 0.25) is 0 Å². The van der Waals surface area contributed by atoms with E-state index in [1.165, 1.54) is 16.5 Å². The minimum Gasteiger partial charge on any atom is -0.361 e. The number of aromatic amines is 1. The molecule has 2 aromatic carbocycles. The van der Waals surface area contributed by atoms with Gasteiger partial charge in [-0.3, -0.25) is 4.99 Å². The highest BCUT2D eigenvalue weighted by molar-refractivity contribution is 5.84. The fourth-order valence-electron chi connectivity index (χ4n) is 3.72. The minimum atomic E-state index is -0.280. The first kappa shape index (κ1) is 20.7. The van der Waals surface area contributed by atoms with Gasteiger partial charge in [-0.2, -0.15) is 0 Å². The standard InChI is InChI=1S/C24H27FN6/c1-16-4-6-20-19(15-29-22(20)12-16)8-9-28-24(26-3)30-14-18-5-7-23(21(25)13-18)31-11-10-27-17(31)2/h4-7,10-13,15,29H,8-9,14H2,1-3H3,(H2,26,28,30). The average Bonchev–Trinajstić information content (AvgIpc) is 3.36.